The molecule has 0 bridgehead atoms. The summed E-state index contributed by atoms with van der Waals surface area (Å²) in [5.74, 6) is -1.03. The van der Waals surface area contributed by atoms with Gasteiger partial charge in [-0.25, -0.2) is 4.98 Å². The molecule has 3 atom stereocenters. The van der Waals surface area contributed by atoms with Crippen molar-refractivity contribution in [2.75, 3.05) is 19.4 Å². The first-order valence-electron chi connectivity index (χ1n) is 7.98. The quantitative estimate of drug-likeness (QED) is 0.475. The van der Waals surface area contributed by atoms with E-state index in [4.69, 9.17) is 29.6 Å². The van der Waals surface area contributed by atoms with Gasteiger partial charge in [0.25, 0.3) is 0 Å². The second-order valence-corrected chi connectivity index (χ2v) is 7.16. The summed E-state index contributed by atoms with van der Waals surface area (Å²) >= 11 is 11.1. The van der Waals surface area contributed by atoms with Gasteiger partial charge in [0.2, 0.25) is 0 Å². The molecule has 2 amide bonds. The predicted molar refractivity (Wildman–Crippen MR) is 116 cm³/mol. The second-order valence-electron chi connectivity index (χ2n) is 6.30. The van der Waals surface area contributed by atoms with Crippen molar-refractivity contribution in [2.45, 2.75) is 31.3 Å². The summed E-state index contributed by atoms with van der Waals surface area (Å²) in [5, 5.41) is 5.57. The van der Waals surface area contributed by atoms with Gasteiger partial charge in [0.1, 0.15) is 5.82 Å². The molecule has 7 nitrogen and oxygen atoms in total. The van der Waals surface area contributed by atoms with Crippen molar-refractivity contribution in [3.63, 3.8) is 0 Å². The van der Waals surface area contributed by atoms with Crippen LogP contribution in [0.15, 0.2) is 18.3 Å². The second kappa shape index (κ2) is 11.6. The number of nitrogens with one attached hydrogen (secondary N) is 2. The van der Waals surface area contributed by atoms with Crippen LogP contribution in [0, 0.1) is 5.92 Å². The Hall–Kier alpha value is -1.19. The third kappa shape index (κ3) is 7.38. The van der Waals surface area contributed by atoms with Crippen molar-refractivity contribution in [3.05, 3.63) is 23.4 Å². The molecule has 1 fully saturated rings. The summed E-state index contributed by atoms with van der Waals surface area (Å²) in [5.41, 5.74) is 6.17. The molecule has 0 aromatic carbocycles. The van der Waals surface area contributed by atoms with Crippen molar-refractivity contribution in [2.24, 2.45) is 11.7 Å². The highest BCUT2D eigenvalue weighted by atomic mass is 35.5. The van der Waals surface area contributed by atoms with E-state index in [0.29, 0.717) is 17.9 Å². The van der Waals surface area contributed by atoms with Crippen LogP contribution in [0.3, 0.4) is 0 Å². The Morgan fingerprint density at radius 3 is 2.44 bits per heavy atom. The topological polar surface area (TPSA) is 100 Å². The molecule has 1 aromatic rings. The number of thiocarbonyl (C=S) groups is 1. The monoisotopic (exact) mass is 455 g/mol. The van der Waals surface area contributed by atoms with E-state index >= 15 is 0 Å². The Kier molecular flexibility index (Phi) is 11.1. The fraction of sp³-hybridized carbons (Fsp3) is 0.500. The SMILES string of the molecule is CN(C)C(=S)[C@H]1CC[C@H](NC(=O)C(=O)Nc2ccc(Cl)cn2)[C@H](N)C1.Cl.Cl. The van der Waals surface area contributed by atoms with Crippen molar-refractivity contribution < 1.29 is 9.59 Å². The molecule has 152 valence electrons. The van der Waals surface area contributed by atoms with Crippen LogP contribution in [-0.4, -0.2) is 52.9 Å². The van der Waals surface area contributed by atoms with Crippen LogP contribution >= 0.6 is 48.6 Å². The minimum atomic E-state index is -0.784. The lowest BCUT2D eigenvalue weighted by molar-refractivity contribution is -0.136. The number of hydrogen-bond donors (Lipinski definition) is 3. The summed E-state index contributed by atoms with van der Waals surface area (Å²) in [6.07, 6.45) is 3.58. The summed E-state index contributed by atoms with van der Waals surface area (Å²) in [4.78, 5) is 30.8. The molecule has 11 heteroatoms. The van der Waals surface area contributed by atoms with Crippen LogP contribution in [0.5, 0.6) is 0 Å². The number of rotatable bonds is 3. The van der Waals surface area contributed by atoms with Crippen molar-refractivity contribution >= 4 is 71.3 Å². The molecule has 1 aliphatic carbocycles. The Morgan fingerprint density at radius 1 is 1.26 bits per heavy atom. The average molecular weight is 457 g/mol. The summed E-state index contributed by atoms with van der Waals surface area (Å²) in [6, 6.07) is 2.60. The standard InChI is InChI=1S/C16H22ClN5O2S.2ClH/c1-22(2)16(25)9-3-5-12(11(18)7-9)20-14(23)15(24)21-13-6-4-10(17)8-19-13;;/h4,6,8-9,11-12H,3,5,7,18H2,1-2H3,(H,20,23)(H,19,21,24);2*1H/t9-,11+,12-;;/m0../s1. The van der Waals surface area contributed by atoms with Gasteiger partial charge in [-0.2, -0.15) is 0 Å². The average Bonchev–Trinajstić information content (AvgIpc) is 2.57. The van der Waals surface area contributed by atoms with E-state index in [1.54, 1.807) is 6.07 Å². The van der Waals surface area contributed by atoms with Crippen LogP contribution in [0.4, 0.5) is 5.82 Å². The number of amides is 2. The van der Waals surface area contributed by atoms with Gasteiger partial charge < -0.3 is 21.3 Å². The molecule has 0 radical (unpaired) electrons. The van der Waals surface area contributed by atoms with E-state index in [1.165, 1.54) is 12.3 Å². The first kappa shape index (κ1) is 25.8. The number of aromatic nitrogens is 1. The summed E-state index contributed by atoms with van der Waals surface area (Å²) in [7, 11) is 3.83. The van der Waals surface area contributed by atoms with Crippen molar-refractivity contribution in [1.82, 2.24) is 15.2 Å². The Balaban J connectivity index is 0.00000338. The molecule has 1 heterocycles. The summed E-state index contributed by atoms with van der Waals surface area (Å²) < 4.78 is 0. The number of pyridine rings is 1. The van der Waals surface area contributed by atoms with Gasteiger partial charge in [0.05, 0.1) is 10.0 Å². The van der Waals surface area contributed by atoms with Gasteiger partial charge in [-0.3, -0.25) is 9.59 Å². The van der Waals surface area contributed by atoms with Gasteiger partial charge >= 0.3 is 11.8 Å². The smallest absolute Gasteiger partial charge is 0.314 e. The molecule has 0 aliphatic heterocycles. The Bertz CT molecular complexity index is 660. The maximum atomic E-state index is 12.1. The van der Waals surface area contributed by atoms with Crippen LogP contribution in [0.25, 0.3) is 0 Å². The lowest BCUT2D eigenvalue weighted by atomic mass is 9.82. The number of hydrogen-bond acceptors (Lipinski definition) is 5. The van der Waals surface area contributed by atoms with Crippen LogP contribution < -0.4 is 16.4 Å². The molecule has 1 aliphatic rings. The first-order chi connectivity index (χ1) is 11.8. The van der Waals surface area contributed by atoms with Crippen molar-refractivity contribution in [3.8, 4) is 0 Å². The minimum Gasteiger partial charge on any atom is -0.372 e. The lowest BCUT2D eigenvalue weighted by Crippen LogP contribution is -2.54. The fourth-order valence-electron chi connectivity index (χ4n) is 2.83. The molecule has 27 heavy (non-hydrogen) atoms. The molecule has 1 aromatic heterocycles. The number of carbonyl (C=O) groups excluding carboxylic acids is 2. The van der Waals surface area contributed by atoms with Gasteiger partial charge in [-0.1, -0.05) is 23.8 Å². The highest BCUT2D eigenvalue weighted by molar-refractivity contribution is 7.80. The maximum Gasteiger partial charge on any atom is 0.314 e. The third-order valence-electron chi connectivity index (χ3n) is 4.18. The fourth-order valence-corrected chi connectivity index (χ4v) is 3.16. The van der Waals surface area contributed by atoms with Gasteiger partial charge in [0.15, 0.2) is 0 Å². The molecular weight excluding hydrogens is 433 g/mol. The minimum absolute atomic E-state index is 0. The third-order valence-corrected chi connectivity index (χ3v) is 5.10. The predicted octanol–water partition coefficient (Wildman–Crippen LogP) is 2.02. The van der Waals surface area contributed by atoms with E-state index in [1.807, 2.05) is 19.0 Å². The molecule has 2 rings (SSSR count). The molecule has 0 spiro atoms. The lowest BCUT2D eigenvalue weighted by Gasteiger charge is -2.36. The van der Waals surface area contributed by atoms with Gasteiger partial charge in [-0.05, 0) is 31.4 Å². The highest BCUT2D eigenvalue weighted by Gasteiger charge is 2.32. The largest absolute Gasteiger partial charge is 0.372 e. The number of halogens is 3. The van der Waals surface area contributed by atoms with E-state index in [9.17, 15) is 9.59 Å². The van der Waals surface area contributed by atoms with E-state index < -0.39 is 11.8 Å². The zero-order valence-corrected chi connectivity index (χ0v) is 18.2. The molecule has 1 saturated carbocycles. The first-order valence-corrected chi connectivity index (χ1v) is 8.76. The van der Waals surface area contributed by atoms with E-state index in [-0.39, 0.29) is 48.6 Å². The zero-order valence-electron chi connectivity index (χ0n) is 15.0. The highest BCUT2D eigenvalue weighted by Crippen LogP contribution is 2.25. The van der Waals surface area contributed by atoms with Crippen LogP contribution in [0.1, 0.15) is 19.3 Å². The van der Waals surface area contributed by atoms with Gasteiger partial charge in [0, 0.05) is 38.3 Å². The van der Waals surface area contributed by atoms with Gasteiger partial charge in [-0.15, -0.1) is 24.8 Å². The number of anilines is 1. The molecule has 0 unspecified atom stereocenters. The normalized spacial score (nSPS) is 21.1. The molecular formula is C16H24Cl3N5O2S. The number of carbonyl (C=O) groups is 2. The van der Waals surface area contributed by atoms with E-state index in [0.717, 1.165) is 11.4 Å². The number of nitrogens with two attached hydrogens (primary N) is 1. The summed E-state index contributed by atoms with van der Waals surface area (Å²) in [6.45, 7) is 0. The van der Waals surface area contributed by atoms with E-state index in [2.05, 4.69) is 15.6 Å². The van der Waals surface area contributed by atoms with Crippen LogP contribution in [-0.2, 0) is 9.59 Å². The molecule has 4 N–H and O–H groups in total. The zero-order chi connectivity index (χ0) is 18.6. The number of nitrogens with zero attached hydrogens (tertiary/aromatic N) is 2. The molecule has 0 saturated heterocycles. The Morgan fingerprint density at radius 2 is 1.93 bits per heavy atom. The maximum absolute atomic E-state index is 12.1. The van der Waals surface area contributed by atoms with Crippen molar-refractivity contribution in [1.29, 1.82) is 0 Å². The Labute approximate surface area is 181 Å². The van der Waals surface area contributed by atoms with Crippen LogP contribution in [0.2, 0.25) is 5.02 Å².